The van der Waals surface area contributed by atoms with Crippen LogP contribution >= 0.6 is 0 Å². The summed E-state index contributed by atoms with van der Waals surface area (Å²) in [5.74, 6) is 3.39. The lowest BCUT2D eigenvalue weighted by Crippen LogP contribution is -2.57. The van der Waals surface area contributed by atoms with Gasteiger partial charge in [0.15, 0.2) is 0 Å². The summed E-state index contributed by atoms with van der Waals surface area (Å²) in [4.78, 5) is 5.07. The van der Waals surface area contributed by atoms with Gasteiger partial charge in [0.25, 0.3) is 6.71 Å². The molecule has 6 nitrogen and oxygen atoms in total. The van der Waals surface area contributed by atoms with Gasteiger partial charge in [-0.15, -0.1) is 0 Å². The molecule has 0 aliphatic carbocycles. The van der Waals surface area contributed by atoms with Crippen molar-refractivity contribution in [3.63, 3.8) is 0 Å². The zero-order chi connectivity index (χ0) is 40.5. The van der Waals surface area contributed by atoms with E-state index >= 15 is 0 Å². The van der Waals surface area contributed by atoms with Crippen LogP contribution in [0, 0.1) is 0 Å². The highest BCUT2D eigenvalue weighted by Crippen LogP contribution is 2.40. The monoisotopic (exact) mass is 792 g/mol. The van der Waals surface area contributed by atoms with Gasteiger partial charge in [0.1, 0.15) is 29.3 Å². The van der Waals surface area contributed by atoms with Crippen LogP contribution in [0.5, 0.6) is 23.0 Å². The van der Waals surface area contributed by atoms with Crippen molar-refractivity contribution in [2.45, 2.75) is 0 Å². The number of ether oxygens (including phenoxy) is 2. The van der Waals surface area contributed by atoms with Gasteiger partial charge in [-0.2, -0.15) is 0 Å². The Hall–Kier alpha value is -8.29. The zero-order valence-electron chi connectivity index (χ0n) is 33.2. The zero-order valence-corrected chi connectivity index (χ0v) is 33.2. The second kappa shape index (κ2) is 12.6. The summed E-state index contributed by atoms with van der Waals surface area (Å²) in [5.41, 5.74) is 15.1. The Kier molecular flexibility index (Phi) is 6.82. The molecule has 12 aromatic rings. The molecule has 0 bridgehead atoms. The first kappa shape index (κ1) is 33.5. The van der Waals surface area contributed by atoms with Gasteiger partial charge in [-0.3, -0.25) is 4.57 Å². The molecule has 0 amide bonds. The molecule has 62 heavy (non-hydrogen) atoms. The molecule has 9 aromatic carbocycles. The van der Waals surface area contributed by atoms with Crippen molar-refractivity contribution in [2.24, 2.45) is 0 Å². The molecule has 288 valence electrons. The van der Waals surface area contributed by atoms with Gasteiger partial charge in [0, 0.05) is 27.0 Å². The van der Waals surface area contributed by atoms with Crippen LogP contribution in [0.2, 0.25) is 0 Å². The smallest absolute Gasteiger partial charge is 0.260 e. The van der Waals surface area contributed by atoms with Crippen molar-refractivity contribution >= 4 is 77.7 Å². The van der Waals surface area contributed by atoms with Gasteiger partial charge in [-0.05, 0) is 101 Å². The minimum absolute atomic E-state index is 0.0350. The number of aromatic nitrogens is 4. The van der Waals surface area contributed by atoms with Gasteiger partial charge in [0.05, 0.1) is 50.2 Å². The summed E-state index contributed by atoms with van der Waals surface area (Å²) in [6, 6.07) is 69.2. The van der Waals surface area contributed by atoms with Crippen LogP contribution in [0.1, 0.15) is 0 Å². The van der Waals surface area contributed by atoms with Crippen molar-refractivity contribution in [2.75, 3.05) is 0 Å². The number of benzene rings is 9. The van der Waals surface area contributed by atoms with Crippen LogP contribution in [-0.4, -0.2) is 25.4 Å². The summed E-state index contributed by atoms with van der Waals surface area (Å²) in [7, 11) is 0. The standard InChI is InChI=1S/C55H33BN4O2/c1-7-19-46-39(13-1)40-14-2-8-20-47(40)59(46)37-30-36(31-38(32-37)60-48-21-9-3-15-41(48)42-16-4-10-22-49(42)60)58-33-57-45-27-34(25-26-50(45)58)35-28-53-55-54(29-35)62-52-24-12-6-18-44(52)56(55)43-17-5-11-23-51(43)61-53/h1-33H. The molecule has 0 radical (unpaired) electrons. The fourth-order valence-electron chi connectivity index (χ4n) is 10.3. The van der Waals surface area contributed by atoms with E-state index in [-0.39, 0.29) is 6.71 Å². The number of hydrogen-bond donors (Lipinski definition) is 0. The quantitative estimate of drug-likeness (QED) is 0.167. The Labute approximate surface area is 356 Å². The Morgan fingerprint density at radius 1 is 0.371 bits per heavy atom. The molecule has 0 atom stereocenters. The second-order valence-electron chi connectivity index (χ2n) is 16.4. The molecule has 0 fully saturated rings. The van der Waals surface area contributed by atoms with Gasteiger partial charge in [0.2, 0.25) is 0 Å². The third-order valence-corrected chi connectivity index (χ3v) is 13.0. The van der Waals surface area contributed by atoms with Crippen molar-refractivity contribution in [1.82, 2.24) is 18.7 Å². The Morgan fingerprint density at radius 3 is 1.34 bits per heavy atom. The molecule has 0 unspecified atom stereocenters. The van der Waals surface area contributed by atoms with Crippen molar-refractivity contribution in [1.29, 1.82) is 0 Å². The fraction of sp³-hybridized carbons (Fsp3) is 0. The van der Waals surface area contributed by atoms with Crippen molar-refractivity contribution in [3.8, 4) is 51.2 Å². The normalized spacial score (nSPS) is 12.7. The molecule has 0 spiro atoms. The first-order valence-corrected chi connectivity index (χ1v) is 21.1. The van der Waals surface area contributed by atoms with E-state index in [1.54, 1.807) is 0 Å². The highest BCUT2D eigenvalue weighted by Gasteiger charge is 2.40. The van der Waals surface area contributed by atoms with Crippen LogP contribution in [0.15, 0.2) is 200 Å². The summed E-state index contributed by atoms with van der Waals surface area (Å²) < 4.78 is 20.3. The number of hydrogen-bond acceptors (Lipinski definition) is 3. The third kappa shape index (κ3) is 4.73. The van der Waals surface area contributed by atoms with Gasteiger partial charge >= 0.3 is 0 Å². The van der Waals surface area contributed by atoms with Gasteiger partial charge in [-0.25, -0.2) is 4.98 Å². The maximum atomic E-state index is 6.64. The summed E-state index contributed by atoms with van der Waals surface area (Å²) in [6.07, 6.45) is 1.95. The van der Waals surface area contributed by atoms with E-state index in [2.05, 4.69) is 196 Å². The minimum atomic E-state index is 0.0350. The van der Waals surface area contributed by atoms with E-state index < -0.39 is 0 Å². The fourth-order valence-corrected chi connectivity index (χ4v) is 10.3. The number of nitrogens with zero attached hydrogens (tertiary/aromatic N) is 4. The van der Waals surface area contributed by atoms with E-state index in [9.17, 15) is 0 Å². The number of imidazole rings is 1. The number of rotatable bonds is 4. The Morgan fingerprint density at radius 2 is 0.823 bits per heavy atom. The third-order valence-electron chi connectivity index (χ3n) is 13.0. The minimum Gasteiger partial charge on any atom is -0.458 e. The molecule has 0 N–H and O–H groups in total. The van der Waals surface area contributed by atoms with Crippen LogP contribution in [0.25, 0.3) is 82.8 Å². The Balaban J connectivity index is 0.953. The maximum Gasteiger partial charge on any atom is 0.260 e. The van der Waals surface area contributed by atoms with E-state index in [1.165, 1.54) is 21.5 Å². The van der Waals surface area contributed by atoms with E-state index in [4.69, 9.17) is 14.5 Å². The SMILES string of the molecule is c1ccc2c(c1)Oc1cc(-c3ccc4c(c3)ncn4-c3cc(-n4c5ccccc5c5ccccc54)cc(-n4c5ccccc5c5ccccc54)c3)cc3c1B2c1ccccc1O3. The second-order valence-corrected chi connectivity index (χ2v) is 16.4. The van der Waals surface area contributed by atoms with Crippen LogP contribution in [-0.2, 0) is 0 Å². The first-order valence-electron chi connectivity index (χ1n) is 21.1. The molecule has 0 saturated carbocycles. The first-order chi connectivity index (χ1) is 30.7. The summed E-state index contributed by atoms with van der Waals surface area (Å²) >= 11 is 0. The van der Waals surface area contributed by atoms with Crippen LogP contribution in [0.3, 0.4) is 0 Å². The molecule has 2 aliphatic heterocycles. The lowest BCUT2D eigenvalue weighted by atomic mass is 9.35. The highest BCUT2D eigenvalue weighted by atomic mass is 16.5. The highest BCUT2D eigenvalue weighted by molar-refractivity contribution is 6.98. The molecule has 7 heteroatoms. The topological polar surface area (TPSA) is 46.1 Å². The average Bonchev–Trinajstić information content (AvgIpc) is 4.01. The van der Waals surface area contributed by atoms with Gasteiger partial charge in [-0.1, -0.05) is 115 Å². The Bertz CT molecular complexity index is 3550. The summed E-state index contributed by atoms with van der Waals surface area (Å²) in [5, 5.41) is 4.90. The predicted octanol–water partition coefficient (Wildman–Crippen LogP) is 11.6. The van der Waals surface area contributed by atoms with Crippen molar-refractivity contribution < 1.29 is 9.47 Å². The van der Waals surface area contributed by atoms with Crippen LogP contribution < -0.4 is 25.9 Å². The van der Waals surface area contributed by atoms with E-state index in [1.807, 2.05) is 18.5 Å². The maximum absolute atomic E-state index is 6.64. The average molecular weight is 793 g/mol. The molecule has 5 heterocycles. The lowest BCUT2D eigenvalue weighted by Gasteiger charge is -2.33. The molecule has 3 aromatic heterocycles. The number of para-hydroxylation sites is 6. The van der Waals surface area contributed by atoms with E-state index in [0.29, 0.717) is 0 Å². The molecular formula is C55H33BN4O2. The molecular weight excluding hydrogens is 759 g/mol. The molecule has 14 rings (SSSR count). The lowest BCUT2D eigenvalue weighted by molar-refractivity contribution is 0.465. The van der Waals surface area contributed by atoms with E-state index in [0.717, 1.165) is 101 Å². The summed E-state index contributed by atoms with van der Waals surface area (Å²) in [6.45, 7) is 0.0350. The van der Waals surface area contributed by atoms with Gasteiger partial charge < -0.3 is 18.6 Å². The largest absolute Gasteiger partial charge is 0.458 e. The number of fused-ring (bicyclic) bond motifs is 11. The molecule has 2 aliphatic rings. The predicted molar refractivity (Wildman–Crippen MR) is 253 cm³/mol. The van der Waals surface area contributed by atoms with Crippen molar-refractivity contribution in [3.05, 3.63) is 200 Å². The molecule has 0 saturated heterocycles. The van der Waals surface area contributed by atoms with Crippen LogP contribution in [0.4, 0.5) is 0 Å².